The largest absolute Gasteiger partial charge is 0.465 e. The highest BCUT2D eigenvalue weighted by Crippen LogP contribution is 2.54. The molecular formula is C41H46N8O6. The number of imidazole rings is 2. The van der Waals surface area contributed by atoms with Gasteiger partial charge < -0.3 is 40.2 Å². The number of aromatic amines is 2. The molecule has 2 aromatic heterocycles. The molecular weight excluding hydrogens is 701 g/mol. The van der Waals surface area contributed by atoms with Crippen molar-refractivity contribution in [3.63, 3.8) is 0 Å². The number of nitrogens with zero attached hydrogens (tertiary/aromatic N) is 4. The number of carboxylic acid groups (broad SMARTS) is 1. The summed E-state index contributed by atoms with van der Waals surface area (Å²) in [5, 5.41) is 14.5. The van der Waals surface area contributed by atoms with Gasteiger partial charge in [0.1, 0.15) is 23.7 Å². The zero-order valence-electron chi connectivity index (χ0n) is 31.5. The lowest BCUT2D eigenvalue weighted by molar-refractivity contribution is -0.137. The second-order valence-electron chi connectivity index (χ2n) is 16.0. The number of alkyl carbamates (subject to hydrolysis) is 1. The number of piperidine rings is 2. The van der Waals surface area contributed by atoms with Crippen LogP contribution in [0.4, 0.5) is 9.59 Å². The Morgan fingerprint density at radius 1 is 0.800 bits per heavy atom. The Bertz CT molecular complexity index is 2220. The summed E-state index contributed by atoms with van der Waals surface area (Å²) >= 11 is 0. The maximum absolute atomic E-state index is 13.7. The molecule has 286 valence electrons. The third kappa shape index (κ3) is 6.99. The van der Waals surface area contributed by atoms with Crippen LogP contribution in [0.3, 0.4) is 0 Å². The number of amides is 4. The summed E-state index contributed by atoms with van der Waals surface area (Å²) < 4.78 is 4.78. The van der Waals surface area contributed by atoms with Gasteiger partial charge in [0, 0.05) is 23.2 Å². The monoisotopic (exact) mass is 746 g/mol. The molecule has 4 aliphatic rings. The zero-order chi connectivity index (χ0) is 38.7. The van der Waals surface area contributed by atoms with Gasteiger partial charge in [-0.1, -0.05) is 51.7 Å². The number of nitrogens with one attached hydrogen (secondary N) is 4. The van der Waals surface area contributed by atoms with Crippen molar-refractivity contribution < 1.29 is 29.0 Å². The lowest BCUT2D eigenvalue weighted by Crippen LogP contribution is -2.52. The van der Waals surface area contributed by atoms with Gasteiger partial charge in [-0.05, 0) is 85.3 Å². The van der Waals surface area contributed by atoms with Crippen molar-refractivity contribution in [1.29, 1.82) is 0 Å². The first-order valence-electron chi connectivity index (χ1n) is 19.1. The van der Waals surface area contributed by atoms with Gasteiger partial charge in [-0.25, -0.2) is 19.6 Å². The van der Waals surface area contributed by atoms with E-state index in [2.05, 4.69) is 32.4 Å². The van der Waals surface area contributed by atoms with Crippen LogP contribution in [0.5, 0.6) is 0 Å². The van der Waals surface area contributed by atoms with Crippen molar-refractivity contribution in [2.75, 3.05) is 7.11 Å². The Kier molecular flexibility index (Phi) is 9.27. The van der Waals surface area contributed by atoms with Crippen LogP contribution in [-0.2, 0) is 14.3 Å². The van der Waals surface area contributed by atoms with Gasteiger partial charge >= 0.3 is 12.2 Å². The van der Waals surface area contributed by atoms with Gasteiger partial charge in [-0.15, -0.1) is 0 Å². The van der Waals surface area contributed by atoms with Gasteiger partial charge in [0.2, 0.25) is 11.8 Å². The maximum Gasteiger partial charge on any atom is 0.407 e. The summed E-state index contributed by atoms with van der Waals surface area (Å²) in [6, 6.07) is 12.1. The molecule has 4 heterocycles. The van der Waals surface area contributed by atoms with Crippen molar-refractivity contribution in [2.24, 2.45) is 23.7 Å². The Balaban J connectivity index is 0.946. The smallest absolute Gasteiger partial charge is 0.407 e. The molecule has 4 amide bonds. The molecule has 14 heteroatoms. The second-order valence-corrected chi connectivity index (χ2v) is 16.0. The lowest BCUT2D eigenvalue weighted by Gasteiger charge is -2.31. The van der Waals surface area contributed by atoms with Crippen LogP contribution in [0.2, 0.25) is 0 Å². The van der Waals surface area contributed by atoms with Crippen LogP contribution in [-0.4, -0.2) is 90.1 Å². The van der Waals surface area contributed by atoms with E-state index in [0.717, 1.165) is 64.9 Å². The van der Waals surface area contributed by atoms with Crippen molar-refractivity contribution in [3.8, 4) is 23.1 Å². The van der Waals surface area contributed by atoms with Gasteiger partial charge in [0.05, 0.1) is 42.1 Å². The minimum absolute atomic E-state index is 0.105. The number of rotatable bonds is 9. The molecule has 4 aromatic rings. The van der Waals surface area contributed by atoms with E-state index in [1.807, 2.05) is 80.0 Å². The highest BCUT2D eigenvalue weighted by molar-refractivity contribution is 5.88. The third-order valence-corrected chi connectivity index (χ3v) is 11.6. The van der Waals surface area contributed by atoms with Crippen LogP contribution < -0.4 is 10.6 Å². The number of aromatic nitrogens is 4. The Morgan fingerprint density at radius 2 is 1.38 bits per heavy atom. The zero-order valence-corrected chi connectivity index (χ0v) is 31.5. The van der Waals surface area contributed by atoms with Gasteiger partial charge in [-0.3, -0.25) is 9.59 Å². The van der Waals surface area contributed by atoms with Crippen LogP contribution in [0.25, 0.3) is 22.3 Å². The van der Waals surface area contributed by atoms with Crippen LogP contribution >= 0.6 is 0 Å². The fourth-order valence-electron chi connectivity index (χ4n) is 8.50. The van der Waals surface area contributed by atoms with E-state index in [-0.39, 0.29) is 47.8 Å². The first kappa shape index (κ1) is 36.2. The summed E-state index contributed by atoms with van der Waals surface area (Å²) in [5.41, 5.74) is 5.04. The molecule has 2 aliphatic carbocycles. The minimum atomic E-state index is -1.21. The highest BCUT2D eigenvalue weighted by Gasteiger charge is 2.57. The Morgan fingerprint density at radius 3 is 1.98 bits per heavy atom. The molecule has 2 saturated carbocycles. The van der Waals surface area contributed by atoms with E-state index >= 15 is 0 Å². The number of methoxy groups -OCH3 is 1. The summed E-state index contributed by atoms with van der Waals surface area (Å²) in [6.07, 6.45) is 3.50. The summed E-state index contributed by atoms with van der Waals surface area (Å²) in [7, 11) is 1.29. The normalized spacial score (nSPS) is 24.5. The lowest BCUT2D eigenvalue weighted by atomic mass is 10.0. The van der Waals surface area contributed by atoms with Crippen LogP contribution in [0.15, 0.2) is 48.7 Å². The molecule has 14 nitrogen and oxygen atoms in total. The molecule has 8 rings (SSSR count). The Labute approximate surface area is 318 Å². The number of hydrogen-bond donors (Lipinski definition) is 5. The predicted octanol–water partition coefficient (Wildman–Crippen LogP) is 5.35. The van der Waals surface area contributed by atoms with E-state index in [4.69, 9.17) is 14.7 Å². The number of carbonyl (C=O) groups is 4. The maximum atomic E-state index is 13.7. The molecule has 0 spiro atoms. The number of hydrogen-bond acceptors (Lipinski definition) is 7. The minimum Gasteiger partial charge on any atom is -0.465 e. The molecule has 0 unspecified atom stereocenters. The average Bonchev–Trinajstić information content (AvgIpc) is 3.79. The molecule has 2 aliphatic heterocycles. The van der Waals surface area contributed by atoms with E-state index in [0.29, 0.717) is 17.7 Å². The standard InChI is InChI=1S/C41H46N8O6/c1-20(2)34(46-40(52)53)38(50)49-31-16-26(31)18-33(49)37-43-27-13-10-23(14-28(27)44-37)7-6-22-8-11-24(12-9-22)29-19-42-36(45-29)32-17-25-15-30(25)48(32)39(51)35(21(3)4)47-41(54)55-5/h8-14,19-21,25-26,30-35,46H,15-18H2,1-5H3,(H,42,45)(H,43,44)(H,47,54)(H,52,53)/t25-,26+,30+,31+,32-,33-,34-,35-/m0/s1. The first-order chi connectivity index (χ1) is 26.4. The number of H-pyrrole nitrogens is 2. The molecule has 55 heavy (non-hydrogen) atoms. The quantitative estimate of drug-likeness (QED) is 0.142. The topological polar surface area (TPSA) is 186 Å². The SMILES string of the molecule is COC(=O)N[C@H](C(=O)N1[C@@H]2C[C@H]2C[C@H]1c1ncc(-c2ccc(C#Cc3ccc4nc([C@@H]5C[C@H]6C[C@H]6N5C(=O)[C@@H](NC(=O)O)C(C)C)[nH]c4c3)cc2)[nH]1)C(C)C. The van der Waals surface area contributed by atoms with Crippen molar-refractivity contribution in [2.45, 2.75) is 89.6 Å². The van der Waals surface area contributed by atoms with Crippen molar-refractivity contribution in [3.05, 3.63) is 71.4 Å². The fourth-order valence-corrected chi connectivity index (χ4v) is 8.50. The van der Waals surface area contributed by atoms with Gasteiger partial charge in [0.25, 0.3) is 0 Å². The molecule has 0 radical (unpaired) electrons. The molecule has 5 N–H and O–H groups in total. The number of fused-ring (bicyclic) bond motifs is 3. The van der Waals surface area contributed by atoms with Gasteiger partial charge in [-0.2, -0.15) is 0 Å². The Hall–Kier alpha value is -5.84. The van der Waals surface area contributed by atoms with E-state index in [1.165, 1.54) is 7.11 Å². The third-order valence-electron chi connectivity index (χ3n) is 11.6. The molecule has 0 bridgehead atoms. The number of likely N-dealkylation sites (tertiary alicyclic amines) is 2. The molecule has 2 aromatic carbocycles. The van der Waals surface area contributed by atoms with Crippen molar-refractivity contribution in [1.82, 2.24) is 40.4 Å². The van der Waals surface area contributed by atoms with Gasteiger partial charge in [0.15, 0.2) is 0 Å². The predicted molar refractivity (Wildman–Crippen MR) is 202 cm³/mol. The van der Waals surface area contributed by atoms with E-state index in [1.54, 1.807) is 6.20 Å². The number of benzene rings is 2. The highest BCUT2D eigenvalue weighted by atomic mass is 16.5. The average molecular weight is 747 g/mol. The summed E-state index contributed by atoms with van der Waals surface area (Å²) in [5.74, 6) is 8.19. The fraction of sp³-hybridized carbons (Fsp3) is 0.463. The van der Waals surface area contributed by atoms with Crippen LogP contribution in [0.1, 0.15) is 88.2 Å². The van der Waals surface area contributed by atoms with Crippen LogP contribution in [0, 0.1) is 35.5 Å². The summed E-state index contributed by atoms with van der Waals surface area (Å²) in [4.78, 5) is 71.0. The second kappa shape index (κ2) is 14.1. The number of carbonyl (C=O) groups excluding carboxylic acids is 3. The number of ether oxygens (including phenoxy) is 1. The molecule has 8 atom stereocenters. The molecule has 4 fully saturated rings. The summed E-state index contributed by atoms with van der Waals surface area (Å²) in [6.45, 7) is 7.51. The first-order valence-corrected chi connectivity index (χ1v) is 19.1. The van der Waals surface area contributed by atoms with Crippen molar-refractivity contribution >= 4 is 35.0 Å². The van der Waals surface area contributed by atoms with E-state index < -0.39 is 24.3 Å². The molecule has 2 saturated heterocycles. The van der Waals surface area contributed by atoms with E-state index in [9.17, 15) is 24.3 Å².